The molecule has 4 nitrogen and oxygen atoms in total. The molecule has 0 radical (unpaired) electrons. The normalized spacial score (nSPS) is 16.5. The predicted octanol–water partition coefficient (Wildman–Crippen LogP) is 1.94. The predicted molar refractivity (Wildman–Crippen MR) is 61.4 cm³/mol. The number of urea groups is 1. The fourth-order valence-corrected chi connectivity index (χ4v) is 1.42. The molecule has 3 N–H and O–H groups in total. The number of rotatable bonds is 3. The summed E-state index contributed by atoms with van der Waals surface area (Å²) < 4.78 is 0. The summed E-state index contributed by atoms with van der Waals surface area (Å²) >= 11 is 0. The highest BCUT2D eigenvalue weighted by Crippen LogP contribution is 2.22. The average Bonchev–Trinajstić information content (AvgIpc) is 2.18. The first-order valence-electron chi connectivity index (χ1n) is 5.06. The van der Waals surface area contributed by atoms with Crippen molar-refractivity contribution in [1.82, 2.24) is 5.43 Å². The van der Waals surface area contributed by atoms with Gasteiger partial charge in [-0.25, -0.2) is 10.2 Å². The van der Waals surface area contributed by atoms with E-state index in [4.69, 9.17) is 5.73 Å². The van der Waals surface area contributed by atoms with Gasteiger partial charge >= 0.3 is 6.03 Å². The number of allylic oxidation sites excluding steroid dienone is 4. The summed E-state index contributed by atoms with van der Waals surface area (Å²) in [5.41, 5.74) is 9.61. The van der Waals surface area contributed by atoms with Gasteiger partial charge in [-0.15, -0.1) is 0 Å². The Morgan fingerprint density at radius 3 is 2.73 bits per heavy atom. The lowest BCUT2D eigenvalue weighted by atomic mass is 9.92. The number of nitrogens with two attached hydrogens (primary N) is 1. The summed E-state index contributed by atoms with van der Waals surface area (Å²) in [5, 5.41) is 3.72. The lowest BCUT2D eigenvalue weighted by Crippen LogP contribution is -2.24. The summed E-state index contributed by atoms with van der Waals surface area (Å²) in [7, 11) is 0. The van der Waals surface area contributed by atoms with E-state index in [9.17, 15) is 4.79 Å². The quantitative estimate of drug-likeness (QED) is 0.414. The third kappa shape index (κ3) is 3.97. The molecule has 0 aromatic heterocycles. The molecule has 0 fully saturated rings. The van der Waals surface area contributed by atoms with E-state index in [1.54, 1.807) is 6.21 Å². The number of nitrogens with zero attached hydrogens (tertiary/aromatic N) is 1. The van der Waals surface area contributed by atoms with Crippen molar-refractivity contribution in [2.75, 3.05) is 0 Å². The second-order valence-corrected chi connectivity index (χ2v) is 3.86. The van der Waals surface area contributed by atoms with Crippen molar-refractivity contribution < 1.29 is 4.79 Å². The lowest BCUT2D eigenvalue weighted by molar-refractivity contribution is 0.249. The Kier molecular flexibility index (Phi) is 4.09. The summed E-state index contributed by atoms with van der Waals surface area (Å²) in [6.45, 7) is 4.38. The molecular formula is C11H17N3O. The van der Waals surface area contributed by atoms with E-state index in [1.165, 1.54) is 5.57 Å². The molecule has 1 rings (SSSR count). The SMILES string of the molecule is CC(C)C1=CCC(C=NNC(N)=O)=CC1. The second-order valence-electron chi connectivity index (χ2n) is 3.86. The number of hydrogen-bond donors (Lipinski definition) is 2. The molecule has 0 heterocycles. The Morgan fingerprint density at radius 1 is 1.53 bits per heavy atom. The van der Waals surface area contributed by atoms with Crippen LogP contribution >= 0.6 is 0 Å². The van der Waals surface area contributed by atoms with Crippen LogP contribution in [-0.2, 0) is 0 Å². The molecule has 0 bridgehead atoms. The lowest BCUT2D eigenvalue weighted by Gasteiger charge is -2.14. The fourth-order valence-electron chi connectivity index (χ4n) is 1.42. The molecule has 1 aliphatic carbocycles. The van der Waals surface area contributed by atoms with Gasteiger partial charge in [-0.1, -0.05) is 31.6 Å². The second kappa shape index (κ2) is 5.34. The highest BCUT2D eigenvalue weighted by molar-refractivity contribution is 5.81. The van der Waals surface area contributed by atoms with E-state index in [0.29, 0.717) is 5.92 Å². The van der Waals surface area contributed by atoms with Crippen molar-refractivity contribution in [3.05, 3.63) is 23.3 Å². The van der Waals surface area contributed by atoms with Crippen LogP contribution in [0.5, 0.6) is 0 Å². The summed E-state index contributed by atoms with van der Waals surface area (Å²) in [5.74, 6) is 0.600. The van der Waals surface area contributed by atoms with Gasteiger partial charge in [-0.3, -0.25) is 0 Å². The van der Waals surface area contributed by atoms with Gasteiger partial charge in [0.25, 0.3) is 0 Å². The molecule has 0 unspecified atom stereocenters. The van der Waals surface area contributed by atoms with Crippen LogP contribution in [0.2, 0.25) is 0 Å². The molecule has 2 amide bonds. The summed E-state index contributed by atoms with van der Waals surface area (Å²) in [6, 6.07) is -0.638. The molecule has 0 aliphatic heterocycles. The Labute approximate surface area is 89.9 Å². The van der Waals surface area contributed by atoms with E-state index in [2.05, 4.69) is 36.5 Å². The first kappa shape index (κ1) is 11.5. The highest BCUT2D eigenvalue weighted by Gasteiger charge is 2.06. The minimum Gasteiger partial charge on any atom is -0.350 e. The van der Waals surface area contributed by atoms with E-state index < -0.39 is 6.03 Å². The molecule has 15 heavy (non-hydrogen) atoms. The van der Waals surface area contributed by atoms with Crippen LogP contribution in [0.15, 0.2) is 28.4 Å². The number of primary amides is 1. The standard InChI is InChI=1S/C11H17N3O/c1-8(2)10-5-3-9(4-6-10)7-13-14-11(12)15/h3,6-8H,4-5H2,1-2H3,(H3,12,14,15). The zero-order valence-corrected chi connectivity index (χ0v) is 9.16. The number of nitrogens with one attached hydrogen (secondary N) is 1. The Hall–Kier alpha value is -1.58. The van der Waals surface area contributed by atoms with Crippen LogP contribution in [0.1, 0.15) is 26.7 Å². The van der Waals surface area contributed by atoms with E-state index in [0.717, 1.165) is 18.4 Å². The maximum Gasteiger partial charge on any atom is 0.332 e. The molecule has 0 aromatic carbocycles. The van der Waals surface area contributed by atoms with Gasteiger partial charge in [0.15, 0.2) is 0 Å². The number of hydrazone groups is 1. The number of hydrogen-bond acceptors (Lipinski definition) is 2. The van der Waals surface area contributed by atoms with Crippen molar-refractivity contribution in [2.45, 2.75) is 26.7 Å². The minimum absolute atomic E-state index is 0.600. The largest absolute Gasteiger partial charge is 0.350 e. The Morgan fingerprint density at radius 2 is 2.27 bits per heavy atom. The van der Waals surface area contributed by atoms with E-state index in [1.807, 2.05) is 0 Å². The van der Waals surface area contributed by atoms with Crippen molar-refractivity contribution >= 4 is 12.2 Å². The van der Waals surface area contributed by atoms with Gasteiger partial charge in [-0.05, 0) is 24.3 Å². The van der Waals surface area contributed by atoms with E-state index in [-0.39, 0.29) is 0 Å². The zero-order chi connectivity index (χ0) is 11.3. The Balaban J connectivity index is 2.43. The molecule has 1 aliphatic rings. The number of carbonyl (C=O) groups excluding carboxylic acids is 1. The van der Waals surface area contributed by atoms with Crippen LogP contribution in [0, 0.1) is 5.92 Å². The van der Waals surface area contributed by atoms with Crippen molar-refractivity contribution in [3.8, 4) is 0 Å². The monoisotopic (exact) mass is 207 g/mol. The molecule has 0 spiro atoms. The molecule has 82 valence electrons. The van der Waals surface area contributed by atoms with Crippen molar-refractivity contribution in [3.63, 3.8) is 0 Å². The van der Waals surface area contributed by atoms with Gasteiger partial charge in [0, 0.05) is 0 Å². The molecule has 0 aromatic rings. The number of amides is 2. The Bertz CT molecular complexity index is 327. The van der Waals surface area contributed by atoms with Crippen LogP contribution in [0.4, 0.5) is 4.79 Å². The molecule has 0 saturated heterocycles. The van der Waals surface area contributed by atoms with Gasteiger partial charge in [-0.2, -0.15) is 5.10 Å². The van der Waals surface area contributed by atoms with E-state index >= 15 is 0 Å². The maximum absolute atomic E-state index is 10.3. The minimum atomic E-state index is -0.638. The average molecular weight is 207 g/mol. The van der Waals surface area contributed by atoms with Crippen molar-refractivity contribution in [2.24, 2.45) is 16.8 Å². The highest BCUT2D eigenvalue weighted by atomic mass is 16.2. The molecule has 4 heteroatoms. The zero-order valence-electron chi connectivity index (χ0n) is 9.16. The van der Waals surface area contributed by atoms with Crippen molar-refractivity contribution in [1.29, 1.82) is 0 Å². The third-order valence-corrected chi connectivity index (χ3v) is 2.35. The smallest absolute Gasteiger partial charge is 0.332 e. The fraction of sp³-hybridized carbons (Fsp3) is 0.455. The van der Waals surface area contributed by atoms with Gasteiger partial charge in [0.1, 0.15) is 0 Å². The summed E-state index contributed by atoms with van der Waals surface area (Å²) in [4.78, 5) is 10.3. The topological polar surface area (TPSA) is 67.5 Å². The maximum atomic E-state index is 10.3. The van der Waals surface area contributed by atoms with Gasteiger partial charge in [0.2, 0.25) is 0 Å². The third-order valence-electron chi connectivity index (χ3n) is 2.35. The molecular weight excluding hydrogens is 190 g/mol. The first-order chi connectivity index (χ1) is 7.09. The van der Waals surface area contributed by atoms with Crippen LogP contribution in [0.25, 0.3) is 0 Å². The summed E-state index contributed by atoms with van der Waals surface area (Å²) in [6.07, 6.45) is 7.82. The van der Waals surface area contributed by atoms with Crippen LogP contribution in [-0.4, -0.2) is 12.2 Å². The van der Waals surface area contributed by atoms with Gasteiger partial charge in [0.05, 0.1) is 6.21 Å². The molecule has 0 saturated carbocycles. The van der Waals surface area contributed by atoms with Crippen LogP contribution in [0.3, 0.4) is 0 Å². The van der Waals surface area contributed by atoms with Crippen LogP contribution < -0.4 is 11.2 Å². The first-order valence-corrected chi connectivity index (χ1v) is 5.06. The van der Waals surface area contributed by atoms with Gasteiger partial charge < -0.3 is 5.73 Å². The number of carbonyl (C=O) groups is 1. The molecule has 0 atom stereocenters.